The zero-order valence-corrected chi connectivity index (χ0v) is 13.8. The second-order valence-corrected chi connectivity index (χ2v) is 7.00. The summed E-state index contributed by atoms with van der Waals surface area (Å²) in [6, 6.07) is 0. The van der Waals surface area contributed by atoms with Crippen LogP contribution in [0.4, 0.5) is 0 Å². The van der Waals surface area contributed by atoms with Crippen molar-refractivity contribution in [2.24, 2.45) is 10.8 Å². The number of esters is 2. The van der Waals surface area contributed by atoms with Crippen molar-refractivity contribution in [3.8, 4) is 0 Å². The van der Waals surface area contributed by atoms with Crippen molar-refractivity contribution in [1.29, 1.82) is 0 Å². The van der Waals surface area contributed by atoms with Crippen molar-refractivity contribution in [2.45, 2.75) is 26.7 Å². The number of carbonyl (C=O) groups excluding carboxylic acids is 3. The van der Waals surface area contributed by atoms with Crippen molar-refractivity contribution in [3.63, 3.8) is 0 Å². The van der Waals surface area contributed by atoms with Crippen molar-refractivity contribution >= 4 is 17.7 Å². The van der Waals surface area contributed by atoms with Gasteiger partial charge in [-0.3, -0.25) is 24.2 Å². The second kappa shape index (κ2) is 5.87. The first-order chi connectivity index (χ1) is 10.9. The van der Waals surface area contributed by atoms with E-state index in [-0.39, 0.29) is 30.7 Å². The lowest BCUT2D eigenvalue weighted by Gasteiger charge is -2.62. The Balaban J connectivity index is 1.81. The second-order valence-electron chi connectivity index (χ2n) is 7.00. The maximum Gasteiger partial charge on any atom is 0.306 e. The molecule has 0 saturated carbocycles. The van der Waals surface area contributed by atoms with Crippen LogP contribution in [0.5, 0.6) is 0 Å². The Morgan fingerprint density at radius 1 is 1.00 bits per heavy atom. The predicted molar refractivity (Wildman–Crippen MR) is 80.4 cm³/mol. The Bertz CT molecular complexity index is 519. The number of carbonyl (C=O) groups is 3. The molecular weight excluding hydrogens is 300 g/mol. The van der Waals surface area contributed by atoms with Gasteiger partial charge in [0.25, 0.3) is 0 Å². The van der Waals surface area contributed by atoms with Gasteiger partial charge in [-0.05, 0) is 6.92 Å². The summed E-state index contributed by atoms with van der Waals surface area (Å²) in [6.45, 7) is 7.10. The summed E-state index contributed by atoms with van der Waals surface area (Å²) >= 11 is 0. The number of Topliss-reactive ketones (excluding diaryl/α,β-unsaturated/α-hetero) is 1. The van der Waals surface area contributed by atoms with Gasteiger partial charge in [-0.1, -0.05) is 6.92 Å². The largest absolute Gasteiger partial charge is 0.466 e. The van der Waals surface area contributed by atoms with Gasteiger partial charge in [0, 0.05) is 32.6 Å². The van der Waals surface area contributed by atoms with Crippen LogP contribution < -0.4 is 0 Å². The van der Waals surface area contributed by atoms with Gasteiger partial charge in [0.2, 0.25) is 0 Å². The number of ether oxygens (including phenoxy) is 2. The highest BCUT2D eigenvalue weighted by molar-refractivity contribution is 5.96. The molecule has 0 aromatic carbocycles. The smallest absolute Gasteiger partial charge is 0.306 e. The fourth-order valence-corrected chi connectivity index (χ4v) is 4.41. The monoisotopic (exact) mass is 324 g/mol. The van der Waals surface area contributed by atoms with Crippen molar-refractivity contribution in [1.82, 2.24) is 9.80 Å². The van der Waals surface area contributed by atoms with Crippen LogP contribution in [0.3, 0.4) is 0 Å². The Morgan fingerprint density at radius 2 is 1.61 bits per heavy atom. The minimum absolute atomic E-state index is 0.0640. The molecule has 4 bridgehead atoms. The summed E-state index contributed by atoms with van der Waals surface area (Å²) in [5, 5.41) is 0. The quantitative estimate of drug-likeness (QED) is 0.638. The highest BCUT2D eigenvalue weighted by Crippen LogP contribution is 2.48. The van der Waals surface area contributed by atoms with Gasteiger partial charge >= 0.3 is 11.9 Å². The van der Waals surface area contributed by atoms with Crippen LogP contribution in [0.1, 0.15) is 26.7 Å². The summed E-state index contributed by atoms with van der Waals surface area (Å²) in [4.78, 5) is 41.1. The molecule has 2 atom stereocenters. The normalized spacial score (nSPS) is 37.7. The lowest BCUT2D eigenvalue weighted by molar-refractivity contribution is -0.197. The molecule has 7 heteroatoms. The van der Waals surface area contributed by atoms with E-state index in [2.05, 4.69) is 9.80 Å². The molecule has 23 heavy (non-hydrogen) atoms. The molecule has 4 fully saturated rings. The van der Waals surface area contributed by atoms with E-state index < -0.39 is 10.8 Å². The maximum absolute atomic E-state index is 13.2. The molecule has 4 saturated heterocycles. The fourth-order valence-electron chi connectivity index (χ4n) is 4.41. The predicted octanol–water partition coefficient (Wildman–Crippen LogP) is 0.0370. The number of piperidine rings is 2. The van der Waals surface area contributed by atoms with E-state index in [1.807, 2.05) is 0 Å². The van der Waals surface area contributed by atoms with Crippen LogP contribution in [0, 0.1) is 10.8 Å². The van der Waals surface area contributed by atoms with E-state index in [0.29, 0.717) is 39.2 Å². The first-order valence-electron chi connectivity index (χ1n) is 8.24. The Morgan fingerprint density at radius 3 is 2.17 bits per heavy atom. The minimum Gasteiger partial charge on any atom is -0.466 e. The molecule has 0 aromatic rings. The van der Waals surface area contributed by atoms with Gasteiger partial charge in [-0.15, -0.1) is 0 Å². The van der Waals surface area contributed by atoms with E-state index in [1.165, 1.54) is 0 Å². The molecule has 7 nitrogen and oxygen atoms in total. The Hall–Kier alpha value is -1.47. The SMILES string of the molecule is CCOC(=O)CC12CN3CN(CC(COC(=O)CC)(C3)C1=O)C2. The summed E-state index contributed by atoms with van der Waals surface area (Å²) < 4.78 is 10.4. The fraction of sp³-hybridized carbons (Fsp3) is 0.812. The topological polar surface area (TPSA) is 76.2 Å². The first kappa shape index (κ1) is 16.4. The average Bonchev–Trinajstić information content (AvgIpc) is 2.49. The summed E-state index contributed by atoms with van der Waals surface area (Å²) in [5.74, 6) is -0.557. The zero-order chi connectivity index (χ0) is 16.7. The number of hydrogen-bond donors (Lipinski definition) is 0. The number of rotatable bonds is 6. The summed E-state index contributed by atoms with van der Waals surface area (Å²) in [5.41, 5.74) is -1.42. The highest BCUT2D eigenvalue weighted by atomic mass is 16.5. The van der Waals surface area contributed by atoms with Crippen LogP contribution in [0.2, 0.25) is 0 Å². The molecule has 4 heterocycles. The number of hydrogen-bond acceptors (Lipinski definition) is 7. The third kappa shape index (κ3) is 2.76. The van der Waals surface area contributed by atoms with E-state index >= 15 is 0 Å². The van der Waals surface area contributed by atoms with E-state index in [4.69, 9.17) is 9.47 Å². The number of ketones is 1. The molecule has 0 aliphatic carbocycles. The summed E-state index contributed by atoms with van der Waals surface area (Å²) in [7, 11) is 0. The van der Waals surface area contributed by atoms with E-state index in [9.17, 15) is 14.4 Å². The van der Waals surface area contributed by atoms with Crippen LogP contribution in [0.15, 0.2) is 0 Å². The molecule has 0 radical (unpaired) electrons. The van der Waals surface area contributed by atoms with Gasteiger partial charge in [0.15, 0.2) is 5.78 Å². The highest BCUT2D eigenvalue weighted by Gasteiger charge is 2.64. The molecular formula is C16H24N2O5. The molecule has 4 aliphatic rings. The minimum atomic E-state index is -0.723. The van der Waals surface area contributed by atoms with Gasteiger partial charge in [0.05, 0.1) is 30.5 Å². The molecule has 0 N–H and O–H groups in total. The Kier molecular flexibility index (Phi) is 4.18. The molecule has 0 amide bonds. The lowest BCUT2D eigenvalue weighted by atomic mass is 9.60. The van der Waals surface area contributed by atoms with Crippen LogP contribution in [0.25, 0.3) is 0 Å². The first-order valence-corrected chi connectivity index (χ1v) is 8.24. The maximum atomic E-state index is 13.2. The lowest BCUT2D eigenvalue weighted by Crippen LogP contribution is -2.77. The molecule has 2 unspecified atom stereocenters. The van der Waals surface area contributed by atoms with Crippen LogP contribution in [-0.4, -0.2) is 73.6 Å². The molecule has 4 aliphatic heterocycles. The molecule has 0 aromatic heterocycles. The molecule has 4 rings (SSSR count). The van der Waals surface area contributed by atoms with Gasteiger partial charge < -0.3 is 9.47 Å². The van der Waals surface area contributed by atoms with Crippen LogP contribution in [-0.2, 0) is 23.9 Å². The third-order valence-corrected chi connectivity index (χ3v) is 5.05. The standard InChI is InChI=1S/C16H24N2O5/c1-3-12(19)23-10-16-8-17-6-15(14(16)21,5-13(20)22-4-2)7-18(9-16)11-17/h3-11H2,1-2H3. The number of nitrogens with zero attached hydrogens (tertiary/aromatic N) is 2. The van der Waals surface area contributed by atoms with Gasteiger partial charge in [-0.2, -0.15) is 0 Å². The average molecular weight is 324 g/mol. The van der Waals surface area contributed by atoms with Crippen molar-refractivity contribution in [3.05, 3.63) is 0 Å². The van der Waals surface area contributed by atoms with Gasteiger partial charge in [0.1, 0.15) is 6.61 Å². The molecule has 128 valence electrons. The van der Waals surface area contributed by atoms with Crippen LogP contribution >= 0.6 is 0 Å². The van der Waals surface area contributed by atoms with E-state index in [1.54, 1.807) is 13.8 Å². The zero-order valence-electron chi connectivity index (χ0n) is 13.8. The molecule has 0 spiro atoms. The van der Waals surface area contributed by atoms with Crippen molar-refractivity contribution in [2.75, 3.05) is 46.1 Å². The summed E-state index contributed by atoms with van der Waals surface area (Å²) in [6.07, 6.45) is 0.405. The Labute approximate surface area is 135 Å². The third-order valence-electron chi connectivity index (χ3n) is 5.05. The van der Waals surface area contributed by atoms with Crippen molar-refractivity contribution < 1.29 is 23.9 Å². The van der Waals surface area contributed by atoms with E-state index in [0.717, 1.165) is 6.67 Å². The van der Waals surface area contributed by atoms with Gasteiger partial charge in [-0.25, -0.2) is 0 Å².